The number of thiophene rings is 1. The first kappa shape index (κ1) is 15.1. The molecule has 0 saturated heterocycles. The van der Waals surface area contributed by atoms with E-state index in [1.807, 2.05) is 18.2 Å². The summed E-state index contributed by atoms with van der Waals surface area (Å²) in [6.45, 7) is 2.13. The fourth-order valence-corrected chi connectivity index (χ4v) is 3.09. The Labute approximate surface area is 129 Å². The SMILES string of the molecule is CN(Cc1cccc(Cl)c1)Cc1sccc1C#CCN. The molecule has 0 fully saturated rings. The van der Waals surface area contributed by atoms with E-state index in [2.05, 4.69) is 41.3 Å². The van der Waals surface area contributed by atoms with E-state index in [0.29, 0.717) is 6.54 Å². The molecule has 104 valence electrons. The molecule has 1 aromatic carbocycles. The van der Waals surface area contributed by atoms with E-state index in [0.717, 1.165) is 23.7 Å². The third-order valence-corrected chi connectivity index (χ3v) is 3.97. The molecule has 2 rings (SSSR count). The van der Waals surface area contributed by atoms with Gasteiger partial charge in [0.1, 0.15) is 0 Å². The molecule has 0 aliphatic carbocycles. The predicted molar refractivity (Wildman–Crippen MR) is 86.9 cm³/mol. The largest absolute Gasteiger partial charge is 0.320 e. The summed E-state index contributed by atoms with van der Waals surface area (Å²) in [4.78, 5) is 3.53. The molecule has 0 unspecified atom stereocenters. The minimum atomic E-state index is 0.396. The van der Waals surface area contributed by atoms with Gasteiger partial charge in [0.25, 0.3) is 0 Å². The number of nitrogens with two attached hydrogens (primary N) is 1. The first-order chi connectivity index (χ1) is 9.69. The molecule has 0 bridgehead atoms. The maximum atomic E-state index is 6.01. The number of halogens is 1. The molecule has 0 radical (unpaired) electrons. The van der Waals surface area contributed by atoms with Crippen LogP contribution in [0.3, 0.4) is 0 Å². The summed E-state index contributed by atoms with van der Waals surface area (Å²) < 4.78 is 0. The molecule has 0 aliphatic rings. The van der Waals surface area contributed by atoms with Crippen LogP contribution in [0.2, 0.25) is 5.02 Å². The Morgan fingerprint density at radius 3 is 2.90 bits per heavy atom. The number of benzene rings is 1. The van der Waals surface area contributed by atoms with Crippen LogP contribution in [0.5, 0.6) is 0 Å². The molecule has 0 spiro atoms. The highest BCUT2D eigenvalue weighted by Crippen LogP contribution is 2.19. The Bertz CT molecular complexity index is 625. The van der Waals surface area contributed by atoms with E-state index in [1.54, 1.807) is 11.3 Å². The van der Waals surface area contributed by atoms with Gasteiger partial charge in [-0.3, -0.25) is 4.90 Å². The lowest BCUT2D eigenvalue weighted by molar-refractivity contribution is 0.322. The van der Waals surface area contributed by atoms with Crippen LogP contribution in [-0.2, 0) is 13.1 Å². The smallest absolute Gasteiger partial charge is 0.0555 e. The van der Waals surface area contributed by atoms with Crippen LogP contribution in [0.4, 0.5) is 0 Å². The average molecular weight is 305 g/mol. The molecule has 0 aliphatic heterocycles. The van der Waals surface area contributed by atoms with E-state index < -0.39 is 0 Å². The van der Waals surface area contributed by atoms with Gasteiger partial charge < -0.3 is 5.73 Å². The van der Waals surface area contributed by atoms with E-state index in [4.69, 9.17) is 17.3 Å². The summed E-state index contributed by atoms with van der Waals surface area (Å²) in [7, 11) is 2.10. The van der Waals surface area contributed by atoms with Crippen LogP contribution in [-0.4, -0.2) is 18.5 Å². The average Bonchev–Trinajstić information content (AvgIpc) is 2.83. The normalized spacial score (nSPS) is 10.4. The molecule has 4 heteroatoms. The van der Waals surface area contributed by atoms with Gasteiger partial charge in [0.05, 0.1) is 6.54 Å². The highest BCUT2D eigenvalue weighted by atomic mass is 35.5. The Morgan fingerprint density at radius 2 is 2.15 bits per heavy atom. The minimum absolute atomic E-state index is 0.396. The molecule has 2 nitrogen and oxygen atoms in total. The van der Waals surface area contributed by atoms with Crippen LogP contribution >= 0.6 is 22.9 Å². The third kappa shape index (κ3) is 4.36. The van der Waals surface area contributed by atoms with Crippen molar-refractivity contribution in [1.29, 1.82) is 0 Å². The van der Waals surface area contributed by atoms with Crippen LogP contribution in [0, 0.1) is 11.8 Å². The Hall–Kier alpha value is -1.31. The summed E-state index contributed by atoms with van der Waals surface area (Å²) >= 11 is 7.74. The zero-order valence-corrected chi connectivity index (χ0v) is 13.0. The van der Waals surface area contributed by atoms with Crippen molar-refractivity contribution in [3.63, 3.8) is 0 Å². The molecule has 1 heterocycles. The van der Waals surface area contributed by atoms with E-state index in [-0.39, 0.29) is 0 Å². The molecule has 0 atom stereocenters. The van der Waals surface area contributed by atoms with Crippen molar-refractivity contribution >= 4 is 22.9 Å². The van der Waals surface area contributed by atoms with Crippen LogP contribution in [0.1, 0.15) is 16.0 Å². The van der Waals surface area contributed by atoms with Crippen molar-refractivity contribution in [3.8, 4) is 11.8 Å². The fourth-order valence-electron chi connectivity index (χ4n) is 1.97. The number of hydrogen-bond donors (Lipinski definition) is 1. The van der Waals surface area contributed by atoms with E-state index >= 15 is 0 Å². The van der Waals surface area contributed by atoms with Crippen molar-refractivity contribution in [2.24, 2.45) is 5.73 Å². The lowest BCUT2D eigenvalue weighted by Gasteiger charge is -2.16. The molecule has 2 N–H and O–H groups in total. The highest BCUT2D eigenvalue weighted by Gasteiger charge is 2.07. The molecule has 0 amide bonds. The second-order valence-corrected chi connectivity index (χ2v) is 6.00. The Balaban J connectivity index is 2.01. The van der Waals surface area contributed by atoms with Crippen LogP contribution < -0.4 is 5.73 Å². The quantitative estimate of drug-likeness (QED) is 0.878. The lowest BCUT2D eigenvalue weighted by Crippen LogP contribution is -2.17. The molecular weight excluding hydrogens is 288 g/mol. The number of hydrogen-bond acceptors (Lipinski definition) is 3. The van der Waals surface area contributed by atoms with Crippen molar-refractivity contribution in [3.05, 3.63) is 56.7 Å². The maximum Gasteiger partial charge on any atom is 0.0555 e. The van der Waals surface area contributed by atoms with Gasteiger partial charge in [0.15, 0.2) is 0 Å². The van der Waals surface area contributed by atoms with Gasteiger partial charge in [-0.1, -0.05) is 35.6 Å². The first-order valence-corrected chi connectivity index (χ1v) is 7.63. The Kier molecular flexibility index (Phi) is 5.63. The van der Waals surface area contributed by atoms with Crippen LogP contribution in [0.15, 0.2) is 35.7 Å². The number of rotatable bonds is 4. The summed E-state index contributed by atoms with van der Waals surface area (Å²) in [5.74, 6) is 6.03. The second-order valence-electron chi connectivity index (χ2n) is 4.57. The zero-order chi connectivity index (χ0) is 14.4. The predicted octanol–water partition coefficient (Wildman–Crippen LogP) is 3.34. The molecule has 2 aromatic rings. The summed E-state index contributed by atoms with van der Waals surface area (Å²) in [5, 5.41) is 2.85. The first-order valence-electron chi connectivity index (χ1n) is 6.37. The van der Waals surface area contributed by atoms with Gasteiger partial charge in [0, 0.05) is 28.6 Å². The van der Waals surface area contributed by atoms with Gasteiger partial charge in [-0.05, 0) is 36.2 Å². The van der Waals surface area contributed by atoms with Gasteiger partial charge in [-0.25, -0.2) is 0 Å². The standard InChI is InChI=1S/C16H17ClN2S/c1-19(11-13-4-2-6-15(17)10-13)12-16-14(5-3-8-18)7-9-20-16/h2,4,6-7,9-10H,8,11-12,18H2,1H3. The highest BCUT2D eigenvalue weighted by molar-refractivity contribution is 7.10. The van der Waals surface area contributed by atoms with Crippen molar-refractivity contribution in [1.82, 2.24) is 4.90 Å². The third-order valence-electron chi connectivity index (χ3n) is 2.83. The van der Waals surface area contributed by atoms with Gasteiger partial charge in [-0.2, -0.15) is 0 Å². The summed E-state index contributed by atoms with van der Waals surface area (Å²) in [6.07, 6.45) is 0. The van der Waals surface area contributed by atoms with Gasteiger partial charge >= 0.3 is 0 Å². The van der Waals surface area contributed by atoms with E-state index in [1.165, 1.54) is 10.4 Å². The Morgan fingerprint density at radius 1 is 1.30 bits per heavy atom. The molecular formula is C16H17ClN2S. The molecule has 0 saturated carbocycles. The monoisotopic (exact) mass is 304 g/mol. The van der Waals surface area contributed by atoms with E-state index in [9.17, 15) is 0 Å². The lowest BCUT2D eigenvalue weighted by atomic mass is 10.2. The number of nitrogens with zero attached hydrogens (tertiary/aromatic N) is 1. The van der Waals surface area contributed by atoms with Crippen molar-refractivity contribution in [2.45, 2.75) is 13.1 Å². The fraction of sp³-hybridized carbons (Fsp3) is 0.250. The summed E-state index contributed by atoms with van der Waals surface area (Å²) in [6, 6.07) is 10.0. The zero-order valence-electron chi connectivity index (χ0n) is 11.4. The van der Waals surface area contributed by atoms with Gasteiger partial charge in [0.2, 0.25) is 0 Å². The summed E-state index contributed by atoms with van der Waals surface area (Å²) in [5.41, 5.74) is 7.72. The minimum Gasteiger partial charge on any atom is -0.320 e. The second kappa shape index (κ2) is 7.47. The van der Waals surface area contributed by atoms with Crippen LogP contribution in [0.25, 0.3) is 0 Å². The molecule has 20 heavy (non-hydrogen) atoms. The molecule has 1 aromatic heterocycles. The van der Waals surface area contributed by atoms with Crippen molar-refractivity contribution in [2.75, 3.05) is 13.6 Å². The van der Waals surface area contributed by atoms with Gasteiger partial charge in [-0.15, -0.1) is 11.3 Å². The van der Waals surface area contributed by atoms with Crippen molar-refractivity contribution < 1.29 is 0 Å². The maximum absolute atomic E-state index is 6.01. The topological polar surface area (TPSA) is 29.3 Å².